The second kappa shape index (κ2) is 6.70. The highest BCUT2D eigenvalue weighted by Crippen LogP contribution is 2.39. The van der Waals surface area contributed by atoms with E-state index in [1.165, 1.54) is 0 Å². The molecule has 0 bridgehead atoms. The lowest BCUT2D eigenvalue weighted by molar-refractivity contribution is 0.354. The van der Waals surface area contributed by atoms with Crippen LogP contribution in [-0.2, 0) is 0 Å². The van der Waals surface area contributed by atoms with Crippen molar-refractivity contribution in [2.45, 2.75) is 4.83 Å². The smallest absolute Gasteiger partial charge is 0.161 e. The quantitative estimate of drug-likeness (QED) is 0.657. The summed E-state index contributed by atoms with van der Waals surface area (Å²) in [5, 5.41) is 1.24. The third kappa shape index (κ3) is 3.22. The van der Waals surface area contributed by atoms with Gasteiger partial charge in [-0.3, -0.25) is 0 Å². The van der Waals surface area contributed by atoms with Gasteiger partial charge in [-0.15, -0.1) is 0 Å². The minimum absolute atomic E-state index is 0.0490. The zero-order valence-electron chi connectivity index (χ0n) is 11.0. The van der Waals surface area contributed by atoms with Crippen LogP contribution in [0.2, 0.25) is 10.0 Å². The lowest BCUT2D eigenvalue weighted by atomic mass is 10.0. The van der Waals surface area contributed by atoms with Crippen LogP contribution in [0.15, 0.2) is 36.4 Å². The van der Waals surface area contributed by atoms with Crippen LogP contribution in [-0.4, -0.2) is 14.2 Å². The summed E-state index contributed by atoms with van der Waals surface area (Å²) in [7, 11) is 3.22. The fourth-order valence-electron chi connectivity index (χ4n) is 1.90. The van der Waals surface area contributed by atoms with Gasteiger partial charge in [0.2, 0.25) is 0 Å². The maximum absolute atomic E-state index is 6.24. The zero-order chi connectivity index (χ0) is 14.7. The van der Waals surface area contributed by atoms with E-state index in [1.54, 1.807) is 20.3 Å². The average Bonchev–Trinajstić information content (AvgIpc) is 2.45. The molecule has 0 aliphatic rings. The molecule has 2 rings (SSSR count). The normalized spacial score (nSPS) is 12.1. The first-order chi connectivity index (χ1) is 9.56. The minimum atomic E-state index is -0.0490. The first kappa shape index (κ1) is 15.5. The molecule has 0 saturated heterocycles. The van der Waals surface area contributed by atoms with E-state index in [1.807, 2.05) is 30.3 Å². The molecule has 0 aliphatic heterocycles. The maximum atomic E-state index is 6.24. The highest BCUT2D eigenvalue weighted by Gasteiger charge is 2.16. The Morgan fingerprint density at radius 3 is 2.25 bits per heavy atom. The van der Waals surface area contributed by atoms with Crippen LogP contribution in [0, 0.1) is 0 Å². The fraction of sp³-hybridized carbons (Fsp3) is 0.200. The van der Waals surface area contributed by atoms with Gasteiger partial charge >= 0.3 is 0 Å². The second-order valence-electron chi connectivity index (χ2n) is 4.14. The van der Waals surface area contributed by atoms with Gasteiger partial charge < -0.3 is 9.47 Å². The molecular formula is C15H13BrCl2O2. The monoisotopic (exact) mass is 374 g/mol. The predicted octanol–water partition coefficient (Wildman–Crippen LogP) is 5.49. The molecule has 106 valence electrons. The van der Waals surface area contributed by atoms with Crippen LogP contribution in [0.4, 0.5) is 0 Å². The summed E-state index contributed by atoms with van der Waals surface area (Å²) in [6.07, 6.45) is 0. The van der Waals surface area contributed by atoms with Crippen LogP contribution in [0.5, 0.6) is 11.5 Å². The third-order valence-corrected chi connectivity index (χ3v) is 4.52. The lowest BCUT2D eigenvalue weighted by Gasteiger charge is -2.15. The number of alkyl halides is 1. The van der Waals surface area contributed by atoms with Gasteiger partial charge in [-0.2, -0.15) is 0 Å². The topological polar surface area (TPSA) is 18.5 Å². The van der Waals surface area contributed by atoms with Gasteiger partial charge in [0.05, 0.1) is 19.0 Å². The average molecular weight is 376 g/mol. The second-order valence-corrected chi connectivity index (χ2v) is 5.90. The molecule has 0 aromatic heterocycles. The Hall–Kier alpha value is -0.900. The van der Waals surface area contributed by atoms with Gasteiger partial charge in [0.15, 0.2) is 11.5 Å². The molecule has 0 fully saturated rings. The summed E-state index contributed by atoms with van der Waals surface area (Å²) in [4.78, 5) is -0.0490. The van der Waals surface area contributed by atoms with Gasteiger partial charge in [-0.1, -0.05) is 51.3 Å². The first-order valence-corrected chi connectivity index (χ1v) is 7.55. The molecule has 0 spiro atoms. The van der Waals surface area contributed by atoms with Crippen LogP contribution >= 0.6 is 39.1 Å². The van der Waals surface area contributed by atoms with Crippen molar-refractivity contribution in [3.8, 4) is 11.5 Å². The molecule has 0 radical (unpaired) electrons. The first-order valence-electron chi connectivity index (χ1n) is 5.87. The van der Waals surface area contributed by atoms with Crippen molar-refractivity contribution in [3.05, 3.63) is 57.6 Å². The van der Waals surface area contributed by atoms with Crippen LogP contribution < -0.4 is 9.47 Å². The maximum Gasteiger partial charge on any atom is 0.161 e. The van der Waals surface area contributed by atoms with Gasteiger partial charge in [0.25, 0.3) is 0 Å². The zero-order valence-corrected chi connectivity index (χ0v) is 14.1. The summed E-state index contributed by atoms with van der Waals surface area (Å²) in [6, 6.07) is 11.2. The van der Waals surface area contributed by atoms with Crippen molar-refractivity contribution < 1.29 is 9.47 Å². The molecule has 0 heterocycles. The lowest BCUT2D eigenvalue weighted by Crippen LogP contribution is -1.97. The van der Waals surface area contributed by atoms with E-state index in [0.717, 1.165) is 11.1 Å². The molecule has 2 aromatic carbocycles. The summed E-state index contributed by atoms with van der Waals surface area (Å²) < 4.78 is 10.5. The van der Waals surface area contributed by atoms with E-state index in [4.69, 9.17) is 32.7 Å². The summed E-state index contributed by atoms with van der Waals surface area (Å²) in [6.45, 7) is 0. The molecule has 2 aromatic rings. The van der Waals surface area contributed by atoms with Crippen molar-refractivity contribution in [3.63, 3.8) is 0 Å². The highest BCUT2D eigenvalue weighted by molar-refractivity contribution is 9.09. The fourth-order valence-corrected chi connectivity index (χ4v) is 3.23. The summed E-state index contributed by atoms with van der Waals surface area (Å²) >= 11 is 15.8. The van der Waals surface area contributed by atoms with Crippen LogP contribution in [0.3, 0.4) is 0 Å². The Kier molecular flexibility index (Phi) is 5.19. The van der Waals surface area contributed by atoms with Crippen molar-refractivity contribution in [1.29, 1.82) is 0 Å². The summed E-state index contributed by atoms with van der Waals surface area (Å²) in [5.74, 6) is 1.37. The molecular weight excluding hydrogens is 363 g/mol. The Balaban J connectivity index is 2.40. The number of benzene rings is 2. The van der Waals surface area contributed by atoms with Crippen molar-refractivity contribution in [2.75, 3.05) is 14.2 Å². The molecule has 5 heteroatoms. The number of halogens is 3. The molecule has 0 N–H and O–H groups in total. The highest BCUT2D eigenvalue weighted by atomic mass is 79.9. The Morgan fingerprint density at radius 2 is 1.65 bits per heavy atom. The minimum Gasteiger partial charge on any atom is -0.493 e. The van der Waals surface area contributed by atoms with E-state index >= 15 is 0 Å². The molecule has 0 saturated carbocycles. The number of hydrogen-bond acceptors (Lipinski definition) is 2. The molecule has 1 unspecified atom stereocenters. The third-order valence-electron chi connectivity index (χ3n) is 2.94. The van der Waals surface area contributed by atoms with Gasteiger partial charge in [0.1, 0.15) is 0 Å². The van der Waals surface area contributed by atoms with Crippen LogP contribution in [0.1, 0.15) is 16.0 Å². The van der Waals surface area contributed by atoms with Crippen molar-refractivity contribution in [1.82, 2.24) is 0 Å². The van der Waals surface area contributed by atoms with E-state index in [9.17, 15) is 0 Å². The summed E-state index contributed by atoms with van der Waals surface area (Å²) in [5.41, 5.74) is 1.97. The molecule has 0 amide bonds. The van der Waals surface area contributed by atoms with Crippen molar-refractivity contribution in [2.24, 2.45) is 0 Å². The van der Waals surface area contributed by atoms with Crippen molar-refractivity contribution >= 4 is 39.1 Å². The Labute approximate surface area is 136 Å². The molecule has 1 atom stereocenters. The predicted molar refractivity (Wildman–Crippen MR) is 86.8 cm³/mol. The van der Waals surface area contributed by atoms with Gasteiger partial charge in [-0.25, -0.2) is 0 Å². The largest absolute Gasteiger partial charge is 0.493 e. The number of rotatable bonds is 4. The van der Waals surface area contributed by atoms with Gasteiger partial charge in [0, 0.05) is 10.0 Å². The van der Waals surface area contributed by atoms with E-state index in [-0.39, 0.29) is 4.83 Å². The Bertz CT molecular complexity index is 617. The standard InChI is InChI=1S/C15H13BrCl2O2/c1-19-13-6-3-9(7-14(13)20-2)15(16)11-5-4-10(17)8-12(11)18/h3-8,15H,1-2H3. The Morgan fingerprint density at radius 1 is 0.950 bits per heavy atom. The van der Waals surface area contributed by atoms with E-state index in [2.05, 4.69) is 15.9 Å². The van der Waals surface area contributed by atoms with Crippen LogP contribution in [0.25, 0.3) is 0 Å². The van der Waals surface area contributed by atoms with E-state index in [0.29, 0.717) is 21.5 Å². The number of hydrogen-bond donors (Lipinski definition) is 0. The molecule has 0 aliphatic carbocycles. The number of methoxy groups -OCH3 is 2. The SMILES string of the molecule is COc1ccc(C(Br)c2ccc(Cl)cc2Cl)cc1OC. The number of ether oxygens (including phenoxy) is 2. The van der Waals surface area contributed by atoms with Gasteiger partial charge in [-0.05, 0) is 35.4 Å². The van der Waals surface area contributed by atoms with E-state index < -0.39 is 0 Å². The molecule has 2 nitrogen and oxygen atoms in total. The molecule has 20 heavy (non-hydrogen) atoms.